The molecule has 1 aliphatic carbocycles. The first kappa shape index (κ1) is 36.1. The molecule has 0 radical (unpaired) electrons. The normalized spacial score (nSPS) is 20.5. The van der Waals surface area contributed by atoms with Crippen molar-refractivity contribution in [2.45, 2.75) is 69.4 Å². The first-order valence-corrected chi connectivity index (χ1v) is 18.8. The zero-order valence-corrected chi connectivity index (χ0v) is 30.0. The van der Waals surface area contributed by atoms with Crippen molar-refractivity contribution < 1.29 is 24.5 Å². The monoisotopic (exact) mass is 708 g/mol. The number of fused-ring (bicyclic) bond motifs is 1. The maximum absolute atomic E-state index is 14.1. The van der Waals surface area contributed by atoms with E-state index >= 15 is 0 Å². The van der Waals surface area contributed by atoms with Crippen molar-refractivity contribution in [3.8, 4) is 5.75 Å². The van der Waals surface area contributed by atoms with Gasteiger partial charge in [-0.3, -0.25) is 9.59 Å². The number of benzene rings is 5. The predicted octanol–water partition coefficient (Wildman–Crippen LogP) is 6.65. The standard InChI is InChI=1S/C46H48N2O5/c49-40(28-37(24-32-12-4-1-5-13-32)45(51)47-44-42-19-11-10-18-36(42)29-43(44)50)30-48-39(27-38(46(48)52)25-33-14-6-2-7-15-33)26-34-20-22-41(23-21-34)53-31-35-16-8-3-9-17-35/h1-23,37-40,43-44,49-50H,24-31H2,(H,47,51)/t37-,38+,39+,40+,43-,44+/m1/s1. The Morgan fingerprint density at radius 3 is 2.06 bits per heavy atom. The molecule has 6 atom stereocenters. The number of amides is 2. The molecule has 1 fully saturated rings. The second-order valence-electron chi connectivity index (χ2n) is 14.6. The Morgan fingerprint density at radius 2 is 1.36 bits per heavy atom. The van der Waals surface area contributed by atoms with Gasteiger partial charge >= 0.3 is 0 Å². The summed E-state index contributed by atoms with van der Waals surface area (Å²) >= 11 is 0. The van der Waals surface area contributed by atoms with Crippen LogP contribution in [0.15, 0.2) is 140 Å². The summed E-state index contributed by atoms with van der Waals surface area (Å²) in [4.78, 5) is 29.9. The average molecular weight is 709 g/mol. The van der Waals surface area contributed by atoms with Crippen LogP contribution in [0.1, 0.15) is 52.3 Å². The van der Waals surface area contributed by atoms with E-state index in [9.17, 15) is 19.8 Å². The van der Waals surface area contributed by atoms with Gasteiger partial charge in [0.05, 0.1) is 18.2 Å². The first-order valence-electron chi connectivity index (χ1n) is 18.8. The van der Waals surface area contributed by atoms with Crippen LogP contribution in [0.3, 0.4) is 0 Å². The highest BCUT2D eigenvalue weighted by Crippen LogP contribution is 2.33. The lowest BCUT2D eigenvalue weighted by Gasteiger charge is -2.29. The molecule has 5 aromatic rings. The molecule has 1 aliphatic heterocycles. The molecule has 7 rings (SSSR count). The van der Waals surface area contributed by atoms with Crippen LogP contribution in [0.4, 0.5) is 0 Å². The van der Waals surface area contributed by atoms with Crippen molar-refractivity contribution in [1.29, 1.82) is 0 Å². The van der Waals surface area contributed by atoms with Gasteiger partial charge in [-0.15, -0.1) is 0 Å². The highest BCUT2D eigenvalue weighted by Gasteiger charge is 2.41. The average Bonchev–Trinajstić information content (AvgIpc) is 3.65. The number of nitrogens with one attached hydrogen (secondary N) is 1. The number of hydrogen-bond donors (Lipinski definition) is 3. The second-order valence-corrected chi connectivity index (χ2v) is 14.6. The largest absolute Gasteiger partial charge is 0.489 e. The number of aliphatic hydroxyl groups is 2. The third kappa shape index (κ3) is 9.23. The lowest BCUT2D eigenvalue weighted by atomic mass is 9.91. The van der Waals surface area contributed by atoms with Gasteiger partial charge in [0.25, 0.3) is 0 Å². The summed E-state index contributed by atoms with van der Waals surface area (Å²) in [6.07, 6.45) is 1.42. The molecule has 53 heavy (non-hydrogen) atoms. The molecule has 5 aromatic carbocycles. The SMILES string of the molecule is O=C(N[C@H]1c2ccccc2C[C@H]1O)[C@H](Cc1ccccc1)C[C@H](O)CN1C(=O)[C@@H](Cc2ccccc2)C[C@@H]1Cc1ccc(OCc2ccccc2)cc1. The summed E-state index contributed by atoms with van der Waals surface area (Å²) in [5.74, 6) is -0.155. The molecule has 2 aliphatic rings. The Balaban J connectivity index is 1.06. The third-order valence-corrected chi connectivity index (χ3v) is 10.8. The molecule has 1 heterocycles. The van der Waals surface area contributed by atoms with Crippen LogP contribution < -0.4 is 10.1 Å². The van der Waals surface area contributed by atoms with E-state index in [0.717, 1.165) is 39.1 Å². The number of likely N-dealkylation sites (tertiary alicyclic amines) is 1. The Kier molecular flexibility index (Phi) is 11.6. The molecule has 0 aromatic heterocycles. The summed E-state index contributed by atoms with van der Waals surface area (Å²) in [5.41, 5.74) is 6.25. The third-order valence-electron chi connectivity index (χ3n) is 10.8. The topological polar surface area (TPSA) is 99.1 Å². The summed E-state index contributed by atoms with van der Waals surface area (Å²) in [6, 6.07) is 45.2. The summed E-state index contributed by atoms with van der Waals surface area (Å²) in [6.45, 7) is 0.627. The number of aliphatic hydroxyl groups excluding tert-OH is 2. The zero-order chi connectivity index (χ0) is 36.6. The Bertz CT molecular complexity index is 1940. The van der Waals surface area contributed by atoms with Crippen LogP contribution >= 0.6 is 0 Å². The van der Waals surface area contributed by atoms with Crippen molar-refractivity contribution in [3.63, 3.8) is 0 Å². The minimum absolute atomic E-state index is 0.0375. The fraction of sp³-hybridized carbons (Fsp3) is 0.304. The Labute approximate surface area is 312 Å². The van der Waals surface area contributed by atoms with Gasteiger partial charge in [-0.2, -0.15) is 0 Å². The number of ether oxygens (including phenoxy) is 1. The van der Waals surface area contributed by atoms with E-state index in [-0.39, 0.29) is 36.7 Å². The zero-order valence-electron chi connectivity index (χ0n) is 30.0. The van der Waals surface area contributed by atoms with E-state index in [1.165, 1.54) is 0 Å². The van der Waals surface area contributed by atoms with Crippen LogP contribution in [0, 0.1) is 11.8 Å². The van der Waals surface area contributed by atoms with Crippen LogP contribution in [0.2, 0.25) is 0 Å². The van der Waals surface area contributed by atoms with Crippen molar-refractivity contribution >= 4 is 11.8 Å². The number of rotatable bonds is 15. The second kappa shape index (κ2) is 17.1. The lowest BCUT2D eigenvalue weighted by molar-refractivity contribution is -0.133. The number of carbonyl (C=O) groups is 2. The fourth-order valence-electron chi connectivity index (χ4n) is 8.04. The summed E-state index contributed by atoms with van der Waals surface area (Å²) in [7, 11) is 0. The maximum atomic E-state index is 14.1. The van der Waals surface area contributed by atoms with Gasteiger partial charge < -0.3 is 25.2 Å². The van der Waals surface area contributed by atoms with Crippen molar-refractivity contribution in [2.24, 2.45) is 11.8 Å². The van der Waals surface area contributed by atoms with Gasteiger partial charge in [0.2, 0.25) is 11.8 Å². The Hall–Kier alpha value is -5.24. The van der Waals surface area contributed by atoms with Gasteiger partial charge in [0, 0.05) is 30.8 Å². The summed E-state index contributed by atoms with van der Waals surface area (Å²) < 4.78 is 6.01. The van der Waals surface area contributed by atoms with E-state index < -0.39 is 24.2 Å². The van der Waals surface area contributed by atoms with Crippen molar-refractivity contribution in [1.82, 2.24) is 10.2 Å². The van der Waals surface area contributed by atoms with Crippen LogP contribution in [-0.2, 0) is 41.9 Å². The molecule has 7 heteroatoms. The van der Waals surface area contributed by atoms with E-state index in [1.54, 1.807) is 0 Å². The molecule has 0 saturated carbocycles. The van der Waals surface area contributed by atoms with Gasteiger partial charge in [0.1, 0.15) is 12.4 Å². The van der Waals surface area contributed by atoms with Gasteiger partial charge in [0.15, 0.2) is 0 Å². The number of carbonyl (C=O) groups excluding carboxylic acids is 2. The minimum atomic E-state index is -0.925. The van der Waals surface area contributed by atoms with Gasteiger partial charge in [-0.25, -0.2) is 0 Å². The van der Waals surface area contributed by atoms with E-state index in [1.807, 2.05) is 120 Å². The fourth-order valence-corrected chi connectivity index (χ4v) is 8.04. The Morgan fingerprint density at radius 1 is 0.755 bits per heavy atom. The first-order chi connectivity index (χ1) is 25.9. The van der Waals surface area contributed by atoms with E-state index in [2.05, 4.69) is 29.6 Å². The van der Waals surface area contributed by atoms with Crippen LogP contribution in [0.25, 0.3) is 0 Å². The highest BCUT2D eigenvalue weighted by atomic mass is 16.5. The van der Waals surface area contributed by atoms with Gasteiger partial charge in [-0.05, 0) is 77.6 Å². The van der Waals surface area contributed by atoms with Crippen molar-refractivity contribution in [3.05, 3.63) is 173 Å². The quantitative estimate of drug-likeness (QED) is 0.113. The smallest absolute Gasteiger partial charge is 0.226 e. The molecule has 0 bridgehead atoms. The van der Waals surface area contributed by atoms with Gasteiger partial charge in [-0.1, -0.05) is 127 Å². The van der Waals surface area contributed by atoms with E-state index in [0.29, 0.717) is 38.7 Å². The maximum Gasteiger partial charge on any atom is 0.226 e. The van der Waals surface area contributed by atoms with E-state index in [4.69, 9.17) is 4.74 Å². The molecule has 0 unspecified atom stereocenters. The molecular weight excluding hydrogens is 661 g/mol. The molecule has 272 valence electrons. The minimum Gasteiger partial charge on any atom is -0.489 e. The summed E-state index contributed by atoms with van der Waals surface area (Å²) in [5, 5.41) is 25.7. The molecule has 3 N–H and O–H groups in total. The molecule has 2 amide bonds. The predicted molar refractivity (Wildman–Crippen MR) is 206 cm³/mol. The molecule has 7 nitrogen and oxygen atoms in total. The number of nitrogens with zero attached hydrogens (tertiary/aromatic N) is 1. The van der Waals surface area contributed by atoms with Crippen LogP contribution in [0.5, 0.6) is 5.75 Å². The lowest BCUT2D eigenvalue weighted by Crippen LogP contribution is -2.43. The molecule has 1 saturated heterocycles. The van der Waals surface area contributed by atoms with Crippen molar-refractivity contribution in [2.75, 3.05) is 6.54 Å². The number of β-amino-alcohol motifs (C(OH)–C–C–N with tert-alkyl or cyclic N) is 1. The number of hydrogen-bond acceptors (Lipinski definition) is 5. The molecular formula is C46H48N2O5. The van der Waals surface area contributed by atoms with Crippen LogP contribution in [-0.4, -0.2) is 51.7 Å². The molecule has 0 spiro atoms. The highest BCUT2D eigenvalue weighted by molar-refractivity contribution is 5.82.